The fraction of sp³-hybridized carbons (Fsp3) is 0.214. The van der Waals surface area contributed by atoms with Gasteiger partial charge in [-0.3, -0.25) is 0 Å². The average Bonchev–Trinajstić information content (AvgIpc) is 2.87. The largest absolute Gasteiger partial charge is 0.399 e. The molecule has 1 aliphatic rings. The summed E-state index contributed by atoms with van der Waals surface area (Å²) in [5.41, 5.74) is 9.35. The summed E-state index contributed by atoms with van der Waals surface area (Å²) >= 11 is 0. The first kappa shape index (κ1) is 12.0. The number of nitrogens with one attached hydrogen (secondary N) is 1. The number of rotatable bonds is 1. The summed E-state index contributed by atoms with van der Waals surface area (Å²) in [5, 5.41) is 10.6. The van der Waals surface area contributed by atoms with Crippen molar-refractivity contribution >= 4 is 17.2 Å². The Morgan fingerprint density at radius 1 is 1.19 bits per heavy atom. The fourth-order valence-electron chi connectivity index (χ4n) is 2.73. The van der Waals surface area contributed by atoms with Crippen LogP contribution >= 0.6 is 0 Å². The van der Waals surface area contributed by atoms with E-state index in [4.69, 9.17) is 5.73 Å². The molecule has 3 N–H and O–H groups in total. The number of hydrogen-bond acceptors (Lipinski definition) is 5. The average molecular weight is 282 g/mol. The summed E-state index contributed by atoms with van der Waals surface area (Å²) in [6.45, 7) is 1.60. The molecule has 7 heteroatoms. The molecule has 21 heavy (non-hydrogen) atoms. The van der Waals surface area contributed by atoms with E-state index in [1.165, 1.54) is 15.6 Å². The van der Waals surface area contributed by atoms with Gasteiger partial charge in [0.25, 0.3) is 0 Å². The molecule has 0 saturated heterocycles. The molecule has 0 amide bonds. The Morgan fingerprint density at radius 2 is 2.10 bits per heavy atom. The summed E-state index contributed by atoms with van der Waals surface area (Å²) < 4.78 is 1.28. The quantitative estimate of drug-likeness (QED) is 0.636. The first-order valence-corrected chi connectivity index (χ1v) is 6.77. The molecule has 0 unspecified atom stereocenters. The Balaban J connectivity index is 1.73. The summed E-state index contributed by atoms with van der Waals surface area (Å²) in [4.78, 5) is 13.7. The van der Waals surface area contributed by atoms with E-state index in [9.17, 15) is 4.79 Å². The van der Waals surface area contributed by atoms with Crippen molar-refractivity contribution in [3.8, 4) is 0 Å². The fourth-order valence-corrected chi connectivity index (χ4v) is 2.73. The second-order valence-electron chi connectivity index (χ2n) is 5.19. The summed E-state index contributed by atoms with van der Waals surface area (Å²) in [6, 6.07) is 9.69. The number of aromatic nitrogens is 4. The van der Waals surface area contributed by atoms with E-state index >= 15 is 0 Å². The van der Waals surface area contributed by atoms with Gasteiger partial charge in [-0.2, -0.15) is 9.61 Å². The van der Waals surface area contributed by atoms with E-state index in [1.807, 2.05) is 18.2 Å². The number of anilines is 2. The lowest BCUT2D eigenvalue weighted by Crippen LogP contribution is -2.32. The number of nitrogen functional groups attached to an aromatic ring is 1. The highest BCUT2D eigenvalue weighted by molar-refractivity contribution is 5.51. The van der Waals surface area contributed by atoms with Crippen molar-refractivity contribution in [2.45, 2.75) is 13.0 Å². The van der Waals surface area contributed by atoms with Gasteiger partial charge in [0.15, 0.2) is 5.65 Å². The van der Waals surface area contributed by atoms with Crippen molar-refractivity contribution in [2.75, 3.05) is 17.2 Å². The van der Waals surface area contributed by atoms with Gasteiger partial charge in [0.2, 0.25) is 0 Å². The molecular formula is C14H14N6O. The highest BCUT2D eigenvalue weighted by Gasteiger charge is 2.18. The minimum Gasteiger partial charge on any atom is -0.399 e. The highest BCUT2D eigenvalue weighted by atomic mass is 16.2. The third kappa shape index (κ3) is 1.94. The van der Waals surface area contributed by atoms with Crippen molar-refractivity contribution in [1.82, 2.24) is 19.8 Å². The predicted molar refractivity (Wildman–Crippen MR) is 79.2 cm³/mol. The van der Waals surface area contributed by atoms with Gasteiger partial charge in [0.1, 0.15) is 5.82 Å². The standard InChI is InChI=1S/C14H14N6O/c15-11-2-1-9-5-6-19(8-10(9)7-11)13-4-3-12-16-17-14(21)20(12)18-13/h1-4,7H,5-6,8,15H2,(H,17,21). The maximum atomic E-state index is 11.6. The molecular weight excluding hydrogens is 268 g/mol. The van der Waals surface area contributed by atoms with Crippen LogP contribution in [0.15, 0.2) is 35.1 Å². The van der Waals surface area contributed by atoms with E-state index in [1.54, 1.807) is 6.07 Å². The molecule has 0 spiro atoms. The number of H-pyrrole nitrogens is 1. The minimum atomic E-state index is -0.325. The maximum Gasteiger partial charge on any atom is 0.364 e. The summed E-state index contributed by atoms with van der Waals surface area (Å²) in [6.07, 6.45) is 0.940. The van der Waals surface area contributed by atoms with Gasteiger partial charge in [-0.05, 0) is 41.8 Å². The van der Waals surface area contributed by atoms with Gasteiger partial charge in [-0.25, -0.2) is 9.89 Å². The van der Waals surface area contributed by atoms with Crippen LogP contribution in [-0.4, -0.2) is 26.4 Å². The molecule has 0 aliphatic carbocycles. The lowest BCUT2D eigenvalue weighted by Gasteiger charge is -2.29. The van der Waals surface area contributed by atoms with Gasteiger partial charge in [0, 0.05) is 18.8 Å². The molecule has 0 fully saturated rings. The Bertz CT molecular complexity index is 881. The SMILES string of the molecule is Nc1ccc2c(c1)CN(c1ccc3n[nH]c(=O)n3n1)CC2. The second kappa shape index (κ2) is 4.34. The molecule has 3 heterocycles. The number of hydrogen-bond donors (Lipinski definition) is 2. The number of fused-ring (bicyclic) bond motifs is 2. The molecule has 0 atom stereocenters. The predicted octanol–water partition coefficient (Wildman–Crippen LogP) is 0.562. The van der Waals surface area contributed by atoms with E-state index < -0.39 is 0 Å². The molecule has 3 aromatic rings. The van der Waals surface area contributed by atoms with Crippen LogP contribution < -0.4 is 16.3 Å². The molecule has 1 aromatic carbocycles. The molecule has 7 nitrogen and oxygen atoms in total. The van der Waals surface area contributed by atoms with Crippen molar-refractivity contribution in [2.24, 2.45) is 0 Å². The Labute approximate surface area is 120 Å². The van der Waals surface area contributed by atoms with Gasteiger partial charge in [-0.15, -0.1) is 5.10 Å². The van der Waals surface area contributed by atoms with Gasteiger partial charge < -0.3 is 10.6 Å². The molecule has 1 aliphatic heterocycles. The first-order valence-electron chi connectivity index (χ1n) is 6.77. The van der Waals surface area contributed by atoms with Crippen LogP contribution in [0.3, 0.4) is 0 Å². The van der Waals surface area contributed by atoms with Crippen LogP contribution in [0.5, 0.6) is 0 Å². The number of benzene rings is 1. The number of aromatic amines is 1. The molecule has 0 saturated carbocycles. The first-order chi connectivity index (χ1) is 10.2. The van der Waals surface area contributed by atoms with E-state index in [-0.39, 0.29) is 5.69 Å². The van der Waals surface area contributed by atoms with Gasteiger partial charge in [-0.1, -0.05) is 6.07 Å². The lowest BCUT2D eigenvalue weighted by molar-refractivity contribution is 0.705. The van der Waals surface area contributed by atoms with Crippen molar-refractivity contribution in [3.63, 3.8) is 0 Å². The van der Waals surface area contributed by atoms with E-state index in [0.717, 1.165) is 31.0 Å². The summed E-state index contributed by atoms with van der Waals surface area (Å²) in [5.74, 6) is 0.763. The van der Waals surface area contributed by atoms with Crippen LogP contribution in [0.25, 0.3) is 5.65 Å². The van der Waals surface area contributed by atoms with Crippen LogP contribution in [0.4, 0.5) is 11.5 Å². The molecule has 4 rings (SSSR count). The number of nitrogens with two attached hydrogens (primary N) is 1. The van der Waals surface area contributed by atoms with Crippen LogP contribution in [0.2, 0.25) is 0 Å². The Kier molecular flexibility index (Phi) is 2.47. The smallest absolute Gasteiger partial charge is 0.364 e. The topological polar surface area (TPSA) is 92.3 Å². The monoisotopic (exact) mass is 282 g/mol. The van der Waals surface area contributed by atoms with E-state index in [2.05, 4.69) is 26.3 Å². The van der Waals surface area contributed by atoms with Crippen molar-refractivity contribution in [3.05, 3.63) is 51.9 Å². The van der Waals surface area contributed by atoms with E-state index in [0.29, 0.717) is 5.65 Å². The van der Waals surface area contributed by atoms with Gasteiger partial charge in [0.05, 0.1) is 0 Å². The molecule has 106 valence electrons. The molecule has 0 bridgehead atoms. The maximum absolute atomic E-state index is 11.6. The lowest BCUT2D eigenvalue weighted by atomic mass is 9.99. The highest BCUT2D eigenvalue weighted by Crippen LogP contribution is 2.24. The minimum absolute atomic E-state index is 0.325. The molecule has 2 aromatic heterocycles. The zero-order chi connectivity index (χ0) is 14.4. The Morgan fingerprint density at radius 3 is 3.00 bits per heavy atom. The summed E-state index contributed by atoms with van der Waals surface area (Å²) in [7, 11) is 0. The molecule has 0 radical (unpaired) electrons. The third-order valence-electron chi connectivity index (χ3n) is 3.83. The van der Waals surface area contributed by atoms with Crippen molar-refractivity contribution < 1.29 is 0 Å². The van der Waals surface area contributed by atoms with Crippen LogP contribution in [-0.2, 0) is 13.0 Å². The van der Waals surface area contributed by atoms with Crippen LogP contribution in [0.1, 0.15) is 11.1 Å². The van der Waals surface area contributed by atoms with Gasteiger partial charge >= 0.3 is 5.69 Å². The van der Waals surface area contributed by atoms with Crippen molar-refractivity contribution in [1.29, 1.82) is 0 Å². The zero-order valence-electron chi connectivity index (χ0n) is 11.3. The van der Waals surface area contributed by atoms with Crippen LogP contribution in [0, 0.1) is 0 Å². The third-order valence-corrected chi connectivity index (χ3v) is 3.83. The normalized spacial score (nSPS) is 14.4. The Hall–Kier alpha value is -2.83. The second-order valence-corrected chi connectivity index (χ2v) is 5.19. The number of nitrogens with zero attached hydrogens (tertiary/aromatic N) is 4. The zero-order valence-corrected chi connectivity index (χ0v) is 11.3.